The Morgan fingerprint density at radius 1 is 0.528 bits per heavy atom. The summed E-state index contributed by atoms with van der Waals surface area (Å²) in [5.74, 6) is -2.44. The quantitative estimate of drug-likeness (QED) is 0.166. The van der Waals surface area contributed by atoms with Gasteiger partial charge in [-0.05, 0) is 37.1 Å². The van der Waals surface area contributed by atoms with Gasteiger partial charge in [0.15, 0.2) is 0 Å². The van der Waals surface area contributed by atoms with Crippen molar-refractivity contribution >= 4 is 23.9 Å². The average molecular weight is 513 g/mol. The molecule has 1 aromatic rings. The van der Waals surface area contributed by atoms with Crippen LogP contribution in [0.25, 0.3) is 0 Å². The molecule has 0 bridgehead atoms. The molecule has 0 aliphatic carbocycles. The summed E-state index contributed by atoms with van der Waals surface area (Å²) in [4.78, 5) is 46.7. The molecule has 1 rings (SSSR count). The zero-order chi connectivity index (χ0) is 26.8. The lowest BCUT2D eigenvalue weighted by molar-refractivity contribution is -0.139. The highest BCUT2D eigenvalue weighted by Gasteiger charge is 2.11. The van der Waals surface area contributed by atoms with Gasteiger partial charge in [0.25, 0.3) is 0 Å². The number of hydrogen-bond donors (Lipinski definition) is 4. The molecule has 0 atom stereocenters. The van der Waals surface area contributed by atoms with Crippen LogP contribution >= 0.6 is 0 Å². The van der Waals surface area contributed by atoms with E-state index in [0.29, 0.717) is 50.6 Å². The van der Waals surface area contributed by atoms with Gasteiger partial charge in [0.05, 0.1) is 38.9 Å². The molecule has 0 spiro atoms. The molecule has 1 aromatic carbocycles. The molecule has 0 radical (unpaired) electrons. The summed E-state index contributed by atoms with van der Waals surface area (Å²) in [6.07, 6.45) is 1.01. The van der Waals surface area contributed by atoms with E-state index >= 15 is 0 Å². The SMILES string of the molecule is O=C(O)CCN(CCCOc1ccc(OCCCN(CCC(=O)O)CCC(=O)O)cc1)CCC(=O)O. The highest BCUT2D eigenvalue weighted by atomic mass is 16.5. The second-order valence-electron chi connectivity index (χ2n) is 8.13. The second kappa shape index (κ2) is 18.0. The zero-order valence-electron chi connectivity index (χ0n) is 20.3. The largest absolute Gasteiger partial charge is 0.494 e. The fourth-order valence-corrected chi connectivity index (χ4v) is 3.27. The van der Waals surface area contributed by atoms with Gasteiger partial charge in [-0.1, -0.05) is 0 Å². The summed E-state index contributed by atoms with van der Waals surface area (Å²) < 4.78 is 11.4. The van der Waals surface area contributed by atoms with Crippen molar-refractivity contribution in [3.05, 3.63) is 24.3 Å². The van der Waals surface area contributed by atoms with Gasteiger partial charge in [-0.3, -0.25) is 19.2 Å². The normalized spacial score (nSPS) is 10.9. The van der Waals surface area contributed by atoms with Crippen molar-refractivity contribution in [2.75, 3.05) is 52.5 Å². The summed E-state index contributed by atoms with van der Waals surface area (Å²) in [6.45, 7) is 2.96. The topological polar surface area (TPSA) is 174 Å². The summed E-state index contributed by atoms with van der Waals surface area (Å²) in [6, 6.07) is 7.03. The van der Waals surface area contributed by atoms with E-state index in [1.165, 1.54) is 0 Å². The first-order valence-electron chi connectivity index (χ1n) is 11.8. The number of hydrogen-bond acceptors (Lipinski definition) is 8. The smallest absolute Gasteiger partial charge is 0.304 e. The number of aliphatic carboxylic acids is 4. The summed E-state index contributed by atoms with van der Waals surface area (Å²) in [5, 5.41) is 35.3. The number of ether oxygens (including phenoxy) is 2. The number of carboxylic acid groups (broad SMARTS) is 4. The standard InChI is InChI=1S/C24H36N2O10/c27-21(28)7-13-25(14-8-22(29)30)11-1-17-35-19-3-5-20(6-4-19)36-18-2-12-26(15-9-23(31)32)16-10-24(33)34/h3-6H,1-2,7-18H2,(H,27,28)(H,29,30)(H,31,32)(H,33,34). The molecular formula is C24H36N2O10. The van der Waals surface area contributed by atoms with Gasteiger partial charge >= 0.3 is 23.9 Å². The highest BCUT2D eigenvalue weighted by Crippen LogP contribution is 2.18. The third kappa shape index (κ3) is 16.3. The zero-order valence-corrected chi connectivity index (χ0v) is 20.3. The maximum absolute atomic E-state index is 10.8. The lowest BCUT2D eigenvalue weighted by Crippen LogP contribution is -2.30. The Bertz CT molecular complexity index is 713. The van der Waals surface area contributed by atoms with E-state index in [1.54, 1.807) is 34.1 Å². The molecular weight excluding hydrogens is 476 g/mol. The molecule has 0 amide bonds. The number of carbonyl (C=O) groups is 4. The first-order chi connectivity index (χ1) is 17.2. The molecule has 36 heavy (non-hydrogen) atoms. The number of nitrogens with zero attached hydrogens (tertiary/aromatic N) is 2. The van der Waals surface area contributed by atoms with Crippen molar-refractivity contribution in [1.29, 1.82) is 0 Å². The number of rotatable bonds is 22. The summed E-state index contributed by atoms with van der Waals surface area (Å²) >= 11 is 0. The number of carboxylic acids is 4. The van der Waals surface area contributed by atoms with Crippen LogP contribution < -0.4 is 9.47 Å². The molecule has 0 aromatic heterocycles. The summed E-state index contributed by atoms with van der Waals surface area (Å²) in [7, 11) is 0. The minimum absolute atomic E-state index is 0.0510. The van der Waals surface area contributed by atoms with Crippen molar-refractivity contribution in [1.82, 2.24) is 9.80 Å². The van der Waals surface area contributed by atoms with Gasteiger partial charge in [0.1, 0.15) is 11.5 Å². The second-order valence-corrected chi connectivity index (χ2v) is 8.13. The summed E-state index contributed by atoms with van der Waals surface area (Å²) in [5.41, 5.74) is 0. The molecule has 0 unspecified atom stereocenters. The van der Waals surface area contributed by atoms with Crippen LogP contribution in [-0.2, 0) is 19.2 Å². The minimum atomic E-state index is -0.928. The van der Waals surface area contributed by atoms with Gasteiger partial charge in [-0.15, -0.1) is 0 Å². The van der Waals surface area contributed by atoms with Crippen molar-refractivity contribution < 1.29 is 49.1 Å². The van der Waals surface area contributed by atoms with E-state index in [2.05, 4.69) is 0 Å². The van der Waals surface area contributed by atoms with Crippen molar-refractivity contribution in [3.8, 4) is 11.5 Å². The van der Waals surface area contributed by atoms with Gasteiger partial charge in [0, 0.05) is 39.3 Å². The van der Waals surface area contributed by atoms with Crippen LogP contribution in [0.3, 0.4) is 0 Å². The van der Waals surface area contributed by atoms with E-state index in [4.69, 9.17) is 29.9 Å². The fourth-order valence-electron chi connectivity index (χ4n) is 3.27. The van der Waals surface area contributed by atoms with Crippen LogP contribution in [0.1, 0.15) is 38.5 Å². The van der Waals surface area contributed by atoms with E-state index in [9.17, 15) is 19.2 Å². The third-order valence-corrected chi connectivity index (χ3v) is 5.17. The molecule has 12 nitrogen and oxygen atoms in total. The van der Waals surface area contributed by atoms with E-state index in [0.717, 1.165) is 0 Å². The van der Waals surface area contributed by atoms with Crippen LogP contribution in [0.4, 0.5) is 0 Å². The lowest BCUT2D eigenvalue weighted by atomic mass is 10.3. The molecule has 0 saturated carbocycles. The Kier molecular flexibility index (Phi) is 15.3. The highest BCUT2D eigenvalue weighted by molar-refractivity contribution is 5.68. The molecule has 0 saturated heterocycles. The average Bonchev–Trinajstić information content (AvgIpc) is 2.82. The van der Waals surface area contributed by atoms with E-state index in [1.807, 2.05) is 0 Å². The van der Waals surface area contributed by atoms with Crippen LogP contribution in [0.5, 0.6) is 11.5 Å². The molecule has 0 heterocycles. The van der Waals surface area contributed by atoms with Gasteiger partial charge in [0.2, 0.25) is 0 Å². The van der Waals surface area contributed by atoms with Crippen molar-refractivity contribution in [3.63, 3.8) is 0 Å². The maximum atomic E-state index is 10.8. The van der Waals surface area contributed by atoms with Crippen LogP contribution in [-0.4, -0.2) is 107 Å². The Morgan fingerprint density at radius 2 is 0.806 bits per heavy atom. The predicted molar refractivity (Wildman–Crippen MR) is 129 cm³/mol. The number of benzene rings is 1. The minimum Gasteiger partial charge on any atom is -0.494 e. The van der Waals surface area contributed by atoms with E-state index < -0.39 is 23.9 Å². The maximum Gasteiger partial charge on any atom is 0.304 e. The van der Waals surface area contributed by atoms with Gasteiger partial charge < -0.3 is 39.7 Å². The predicted octanol–water partition coefficient (Wildman–Crippen LogP) is 1.73. The van der Waals surface area contributed by atoms with Crippen LogP contribution in [0.2, 0.25) is 0 Å². The Hall–Kier alpha value is -3.38. The van der Waals surface area contributed by atoms with Gasteiger partial charge in [-0.2, -0.15) is 0 Å². The molecule has 12 heteroatoms. The van der Waals surface area contributed by atoms with Crippen molar-refractivity contribution in [2.45, 2.75) is 38.5 Å². The monoisotopic (exact) mass is 512 g/mol. The molecule has 0 fully saturated rings. The third-order valence-electron chi connectivity index (χ3n) is 5.17. The Morgan fingerprint density at radius 3 is 1.06 bits per heavy atom. The molecule has 0 aliphatic rings. The van der Waals surface area contributed by atoms with Crippen LogP contribution in [0.15, 0.2) is 24.3 Å². The molecule has 4 N–H and O–H groups in total. The molecule has 202 valence electrons. The van der Waals surface area contributed by atoms with Crippen LogP contribution in [0, 0.1) is 0 Å². The van der Waals surface area contributed by atoms with Crippen molar-refractivity contribution in [2.24, 2.45) is 0 Å². The van der Waals surface area contributed by atoms with E-state index in [-0.39, 0.29) is 51.9 Å². The Balaban J connectivity index is 2.33. The molecule has 0 aliphatic heterocycles. The lowest BCUT2D eigenvalue weighted by Gasteiger charge is -2.21. The van der Waals surface area contributed by atoms with Gasteiger partial charge in [-0.25, -0.2) is 0 Å². The first-order valence-corrected chi connectivity index (χ1v) is 11.8. The Labute approximate surface area is 210 Å². The fraction of sp³-hybridized carbons (Fsp3) is 0.583. The first kappa shape index (κ1) is 30.7.